The zero-order valence-corrected chi connectivity index (χ0v) is 12.8. The molecule has 1 aliphatic rings. The molecule has 3 N–H and O–H groups in total. The van der Waals surface area contributed by atoms with Crippen molar-refractivity contribution in [2.75, 3.05) is 6.61 Å². The van der Waals surface area contributed by atoms with Crippen molar-refractivity contribution in [1.29, 1.82) is 0 Å². The number of hydrogen-bond donors (Lipinski definition) is 3. The van der Waals surface area contributed by atoms with E-state index in [1.54, 1.807) is 18.2 Å². The Hall–Kier alpha value is -1.49. The number of rotatable bonds is 5. The van der Waals surface area contributed by atoms with Crippen LogP contribution in [0.1, 0.15) is 27.2 Å². The summed E-state index contributed by atoms with van der Waals surface area (Å²) < 4.78 is 0. The van der Waals surface area contributed by atoms with Crippen LogP contribution in [0.4, 0.5) is 0 Å². The maximum Gasteiger partial charge on any atom is 0.169 e. The van der Waals surface area contributed by atoms with Gasteiger partial charge in [0.15, 0.2) is 5.78 Å². The van der Waals surface area contributed by atoms with Crippen LogP contribution in [-0.2, 0) is 4.79 Å². The van der Waals surface area contributed by atoms with Crippen LogP contribution in [0, 0.1) is 5.92 Å². The smallest absolute Gasteiger partial charge is 0.169 e. The number of allylic oxidation sites excluding steroid dienone is 7. The van der Waals surface area contributed by atoms with Gasteiger partial charge in [-0.3, -0.25) is 4.79 Å². The van der Waals surface area contributed by atoms with E-state index in [2.05, 4.69) is 0 Å². The van der Waals surface area contributed by atoms with Gasteiger partial charge < -0.3 is 15.3 Å². The molecule has 0 bridgehead atoms. The van der Waals surface area contributed by atoms with Crippen molar-refractivity contribution >= 4 is 5.78 Å². The number of aliphatic hydroxyl groups excluding tert-OH is 3. The minimum atomic E-state index is -1.21. The Morgan fingerprint density at radius 1 is 1.24 bits per heavy atom. The van der Waals surface area contributed by atoms with Crippen molar-refractivity contribution in [2.24, 2.45) is 5.92 Å². The predicted molar refractivity (Wildman–Crippen MR) is 82.6 cm³/mol. The van der Waals surface area contributed by atoms with Gasteiger partial charge in [0.2, 0.25) is 0 Å². The van der Waals surface area contributed by atoms with E-state index in [1.807, 2.05) is 32.9 Å². The highest BCUT2D eigenvalue weighted by Crippen LogP contribution is 2.30. The van der Waals surface area contributed by atoms with Gasteiger partial charge in [0.1, 0.15) is 6.10 Å². The summed E-state index contributed by atoms with van der Waals surface area (Å²) in [6.45, 7) is 5.23. The second-order valence-corrected chi connectivity index (χ2v) is 5.41. The Morgan fingerprint density at radius 3 is 2.43 bits per heavy atom. The highest BCUT2D eigenvalue weighted by atomic mass is 16.3. The largest absolute Gasteiger partial charge is 0.392 e. The zero-order valence-electron chi connectivity index (χ0n) is 12.8. The molecule has 0 heterocycles. The average Bonchev–Trinajstić information content (AvgIpc) is 2.44. The summed E-state index contributed by atoms with van der Waals surface area (Å²) in [5, 5.41) is 29.6. The summed E-state index contributed by atoms with van der Waals surface area (Å²) in [5.41, 5.74) is 1.52. The molecule has 0 spiro atoms. The zero-order chi connectivity index (χ0) is 16.0. The predicted octanol–water partition coefficient (Wildman–Crippen LogP) is 1.68. The number of Topliss-reactive ketones (excluding diaryl/α,β-unsaturated/α-hetero) is 1. The van der Waals surface area contributed by atoms with Crippen molar-refractivity contribution in [2.45, 2.75) is 39.4 Å². The Morgan fingerprint density at radius 2 is 1.90 bits per heavy atom. The summed E-state index contributed by atoms with van der Waals surface area (Å²) in [7, 11) is 0. The van der Waals surface area contributed by atoms with Crippen molar-refractivity contribution in [3.05, 3.63) is 47.1 Å². The molecule has 21 heavy (non-hydrogen) atoms. The molecule has 4 nitrogen and oxygen atoms in total. The Labute approximate surface area is 125 Å². The van der Waals surface area contributed by atoms with E-state index in [1.165, 1.54) is 0 Å². The minimum absolute atomic E-state index is 0.182. The molecule has 3 atom stereocenters. The summed E-state index contributed by atoms with van der Waals surface area (Å²) >= 11 is 0. The van der Waals surface area contributed by atoms with Crippen LogP contribution in [-0.4, -0.2) is 39.9 Å². The lowest BCUT2D eigenvalue weighted by Crippen LogP contribution is -2.45. The van der Waals surface area contributed by atoms with Gasteiger partial charge in [0.25, 0.3) is 0 Å². The average molecular weight is 292 g/mol. The Kier molecular flexibility index (Phi) is 6.75. The fourth-order valence-electron chi connectivity index (χ4n) is 2.34. The fraction of sp³-hybridized carbons (Fsp3) is 0.471. The molecular weight excluding hydrogens is 268 g/mol. The summed E-state index contributed by atoms with van der Waals surface area (Å²) in [6, 6.07) is 0. The van der Waals surface area contributed by atoms with Gasteiger partial charge in [-0.15, -0.1) is 0 Å². The van der Waals surface area contributed by atoms with Crippen molar-refractivity contribution in [3.63, 3.8) is 0 Å². The number of carbonyl (C=O) groups excluding carboxylic acids is 1. The van der Waals surface area contributed by atoms with Gasteiger partial charge in [-0.1, -0.05) is 36.0 Å². The molecule has 0 saturated heterocycles. The minimum Gasteiger partial charge on any atom is -0.392 e. The fourth-order valence-corrected chi connectivity index (χ4v) is 2.34. The van der Waals surface area contributed by atoms with Crippen LogP contribution in [0.2, 0.25) is 0 Å². The molecule has 0 aromatic carbocycles. The number of hydrogen-bond acceptors (Lipinski definition) is 4. The summed E-state index contributed by atoms with van der Waals surface area (Å²) in [5.74, 6) is -0.925. The lowest BCUT2D eigenvalue weighted by Gasteiger charge is -2.32. The Balaban J connectivity index is 3.18. The van der Waals surface area contributed by atoms with Crippen LogP contribution in [0.25, 0.3) is 0 Å². The highest BCUT2D eigenvalue weighted by molar-refractivity contribution is 6.02. The summed E-state index contributed by atoms with van der Waals surface area (Å²) in [4.78, 5) is 12.5. The summed E-state index contributed by atoms with van der Waals surface area (Å²) in [6.07, 6.45) is 6.69. The van der Waals surface area contributed by atoms with Crippen molar-refractivity contribution < 1.29 is 20.1 Å². The SMILES string of the molecule is C/C=C/C=C/C1=C(CO)[C@@H](O)[C@@H](O)[C@@H](CC=C(C)C)C1=O. The normalized spacial score (nSPS) is 27.0. The van der Waals surface area contributed by atoms with Crippen LogP contribution in [0.5, 0.6) is 0 Å². The van der Waals surface area contributed by atoms with Crippen molar-refractivity contribution in [3.8, 4) is 0 Å². The molecule has 1 rings (SSSR count). The van der Waals surface area contributed by atoms with Crippen LogP contribution < -0.4 is 0 Å². The first kappa shape index (κ1) is 17.6. The maximum absolute atomic E-state index is 12.5. The molecule has 0 aromatic heterocycles. The van der Waals surface area contributed by atoms with E-state index in [4.69, 9.17) is 0 Å². The molecule has 4 heteroatoms. The van der Waals surface area contributed by atoms with E-state index in [9.17, 15) is 20.1 Å². The van der Waals surface area contributed by atoms with Crippen LogP contribution in [0.15, 0.2) is 47.1 Å². The van der Waals surface area contributed by atoms with E-state index in [-0.39, 0.29) is 11.4 Å². The monoisotopic (exact) mass is 292 g/mol. The standard InChI is InChI=1S/C17H24O4/c1-4-5-6-7-12-14(10-18)17(21)16(20)13(15(12)19)9-8-11(2)3/h4-8,13,16-18,20-21H,9-10H2,1-3H3/b5-4+,7-6+/t13-,16-,17+/m0/s1. The van der Waals surface area contributed by atoms with Gasteiger partial charge in [-0.2, -0.15) is 0 Å². The van der Waals surface area contributed by atoms with Crippen molar-refractivity contribution in [1.82, 2.24) is 0 Å². The second kappa shape index (κ2) is 8.08. The first-order valence-corrected chi connectivity index (χ1v) is 7.11. The first-order valence-electron chi connectivity index (χ1n) is 7.11. The van der Waals surface area contributed by atoms with E-state index >= 15 is 0 Å². The molecule has 0 amide bonds. The second-order valence-electron chi connectivity index (χ2n) is 5.41. The third kappa shape index (κ3) is 4.24. The number of aliphatic hydroxyl groups is 3. The van der Waals surface area contributed by atoms with Crippen LogP contribution >= 0.6 is 0 Å². The molecule has 0 saturated carbocycles. The van der Waals surface area contributed by atoms with Gasteiger partial charge in [-0.05, 0) is 32.8 Å². The molecule has 1 aliphatic carbocycles. The van der Waals surface area contributed by atoms with E-state index < -0.39 is 24.7 Å². The molecular formula is C17H24O4. The molecule has 0 fully saturated rings. The third-order valence-electron chi connectivity index (χ3n) is 3.56. The van der Waals surface area contributed by atoms with Gasteiger partial charge in [-0.25, -0.2) is 0 Å². The molecule has 0 radical (unpaired) electrons. The number of ketones is 1. The highest BCUT2D eigenvalue weighted by Gasteiger charge is 2.40. The van der Waals surface area contributed by atoms with Crippen LogP contribution in [0.3, 0.4) is 0 Å². The first-order chi connectivity index (χ1) is 9.93. The van der Waals surface area contributed by atoms with Gasteiger partial charge in [0, 0.05) is 5.57 Å². The van der Waals surface area contributed by atoms with E-state index in [0.717, 1.165) is 5.57 Å². The quantitative estimate of drug-likeness (QED) is 0.532. The molecule has 0 aromatic rings. The maximum atomic E-state index is 12.5. The lowest BCUT2D eigenvalue weighted by molar-refractivity contribution is -0.127. The molecule has 0 aliphatic heterocycles. The third-order valence-corrected chi connectivity index (χ3v) is 3.56. The molecule has 116 valence electrons. The van der Waals surface area contributed by atoms with Gasteiger partial charge in [0.05, 0.1) is 18.6 Å². The van der Waals surface area contributed by atoms with Gasteiger partial charge >= 0.3 is 0 Å². The van der Waals surface area contributed by atoms with E-state index in [0.29, 0.717) is 12.0 Å². The Bertz CT molecular complexity index is 493. The molecule has 0 unspecified atom stereocenters. The lowest BCUT2D eigenvalue weighted by atomic mass is 9.77. The topological polar surface area (TPSA) is 77.8 Å². The number of carbonyl (C=O) groups is 1.